The van der Waals surface area contributed by atoms with Gasteiger partial charge in [0.05, 0.1) is 15.7 Å². The Morgan fingerprint density at radius 3 is 2.03 bits per heavy atom. The maximum Gasteiger partial charge on any atom is 0.152 e. The molecule has 0 atom stereocenters. The molecule has 0 unspecified atom stereocenters. The Morgan fingerprint density at radius 1 is 0.800 bits per heavy atom. The Morgan fingerprint density at radius 2 is 1.43 bits per heavy atom. The number of hydrogen-bond donors (Lipinski definition) is 1. The molecule has 0 fully saturated rings. The van der Waals surface area contributed by atoms with Crippen LogP contribution in [-0.2, 0) is 6.54 Å². The molecule has 4 aromatic rings. The minimum Gasteiger partial charge on any atom is -0.505 e. The zero-order chi connectivity index (χ0) is 21.1. The van der Waals surface area contributed by atoms with E-state index in [4.69, 9.17) is 23.2 Å². The summed E-state index contributed by atoms with van der Waals surface area (Å²) in [5.41, 5.74) is 4.77. The molecule has 0 amide bonds. The number of halogens is 2. The first-order chi connectivity index (χ1) is 14.5. The first-order valence-electron chi connectivity index (χ1n) is 9.24. The Bertz CT molecular complexity index is 1130. The van der Waals surface area contributed by atoms with Crippen LogP contribution in [-0.4, -0.2) is 27.3 Å². The van der Waals surface area contributed by atoms with Crippen molar-refractivity contribution in [2.75, 3.05) is 11.9 Å². The zero-order valence-corrected chi connectivity index (χ0v) is 17.6. The quantitative estimate of drug-likeness (QED) is 0.424. The second kappa shape index (κ2) is 8.69. The van der Waals surface area contributed by atoms with Gasteiger partial charge in [0.2, 0.25) is 0 Å². The number of nitrogens with zero attached hydrogens (tertiary/aromatic N) is 4. The van der Waals surface area contributed by atoms with Crippen molar-refractivity contribution in [2.24, 2.45) is 0 Å². The lowest BCUT2D eigenvalue weighted by molar-refractivity contribution is 0.476. The van der Waals surface area contributed by atoms with Crippen molar-refractivity contribution >= 4 is 29.0 Å². The number of hydrogen-bond acceptors (Lipinski definition) is 5. The van der Waals surface area contributed by atoms with E-state index < -0.39 is 0 Å². The van der Waals surface area contributed by atoms with E-state index in [1.54, 1.807) is 24.5 Å². The largest absolute Gasteiger partial charge is 0.505 e. The van der Waals surface area contributed by atoms with Gasteiger partial charge in [-0.2, -0.15) is 0 Å². The standard InChI is InChI=1S/C23H18Cl2N4O/c1-29(14-15-2-4-16(5-3-15)17-8-10-26-11-9-17)22-7-6-21(27-28-22)18-12-19(24)23(30)20(25)13-18/h2-13,30H,14H2,1H3. The lowest BCUT2D eigenvalue weighted by Crippen LogP contribution is -2.18. The second-order valence-electron chi connectivity index (χ2n) is 6.85. The molecular weight excluding hydrogens is 419 g/mol. The van der Waals surface area contributed by atoms with Gasteiger partial charge in [-0.15, -0.1) is 10.2 Å². The van der Waals surface area contributed by atoms with E-state index in [1.165, 1.54) is 5.56 Å². The molecule has 0 radical (unpaired) electrons. The Hall–Kier alpha value is -3.15. The maximum absolute atomic E-state index is 9.71. The first kappa shape index (κ1) is 20.1. The maximum atomic E-state index is 9.71. The summed E-state index contributed by atoms with van der Waals surface area (Å²) in [5.74, 6) is 0.606. The van der Waals surface area contributed by atoms with Gasteiger partial charge in [-0.05, 0) is 53.1 Å². The van der Waals surface area contributed by atoms with Crippen molar-refractivity contribution in [3.63, 3.8) is 0 Å². The fourth-order valence-corrected chi connectivity index (χ4v) is 3.59. The molecule has 0 aliphatic carbocycles. The van der Waals surface area contributed by atoms with E-state index in [0.29, 0.717) is 17.8 Å². The van der Waals surface area contributed by atoms with Crippen molar-refractivity contribution in [1.82, 2.24) is 15.2 Å². The molecule has 2 aromatic carbocycles. The summed E-state index contributed by atoms with van der Waals surface area (Å²) >= 11 is 12.0. The highest BCUT2D eigenvalue weighted by Gasteiger charge is 2.11. The Kier molecular flexibility index (Phi) is 5.84. The van der Waals surface area contributed by atoms with Crippen LogP contribution in [0.2, 0.25) is 10.0 Å². The van der Waals surface area contributed by atoms with Crippen LogP contribution in [0.25, 0.3) is 22.4 Å². The minimum absolute atomic E-state index is 0.138. The van der Waals surface area contributed by atoms with Crippen LogP contribution in [0.15, 0.2) is 73.1 Å². The van der Waals surface area contributed by atoms with E-state index in [1.807, 2.05) is 36.2 Å². The average Bonchev–Trinajstić information content (AvgIpc) is 2.78. The molecule has 0 aliphatic rings. The van der Waals surface area contributed by atoms with E-state index >= 15 is 0 Å². The molecule has 30 heavy (non-hydrogen) atoms. The molecule has 0 aliphatic heterocycles. The van der Waals surface area contributed by atoms with Gasteiger partial charge in [-0.25, -0.2) is 0 Å². The van der Waals surface area contributed by atoms with E-state index in [-0.39, 0.29) is 15.8 Å². The van der Waals surface area contributed by atoms with Crippen LogP contribution < -0.4 is 4.90 Å². The lowest BCUT2D eigenvalue weighted by atomic mass is 10.1. The first-order valence-corrected chi connectivity index (χ1v) is 9.99. The third kappa shape index (κ3) is 4.37. The molecule has 0 saturated carbocycles. The summed E-state index contributed by atoms with van der Waals surface area (Å²) in [7, 11) is 1.97. The fraction of sp³-hybridized carbons (Fsp3) is 0.0870. The second-order valence-corrected chi connectivity index (χ2v) is 7.67. The molecule has 1 N–H and O–H groups in total. The van der Waals surface area contributed by atoms with Crippen LogP contribution >= 0.6 is 23.2 Å². The third-order valence-corrected chi connectivity index (χ3v) is 5.32. The number of pyridine rings is 1. The van der Waals surface area contributed by atoms with Crippen molar-refractivity contribution in [2.45, 2.75) is 6.54 Å². The highest BCUT2D eigenvalue weighted by atomic mass is 35.5. The molecule has 150 valence electrons. The molecule has 0 saturated heterocycles. The molecule has 5 nitrogen and oxygen atoms in total. The number of phenolic OH excluding ortho intramolecular Hbond substituents is 1. The van der Waals surface area contributed by atoms with Crippen LogP contribution in [0.4, 0.5) is 5.82 Å². The highest BCUT2D eigenvalue weighted by molar-refractivity contribution is 6.37. The van der Waals surface area contributed by atoms with Crippen LogP contribution in [0.3, 0.4) is 0 Å². The SMILES string of the molecule is CN(Cc1ccc(-c2ccncc2)cc1)c1ccc(-c2cc(Cl)c(O)c(Cl)c2)nn1. The predicted octanol–water partition coefficient (Wildman–Crippen LogP) is 5.85. The smallest absolute Gasteiger partial charge is 0.152 e. The highest BCUT2D eigenvalue weighted by Crippen LogP contribution is 2.35. The Labute approximate surface area is 184 Å². The van der Waals surface area contributed by atoms with Crippen molar-refractivity contribution in [3.05, 3.63) is 88.7 Å². The normalized spacial score (nSPS) is 10.8. The summed E-state index contributed by atoms with van der Waals surface area (Å²) < 4.78 is 0. The summed E-state index contributed by atoms with van der Waals surface area (Å²) in [6.45, 7) is 0.696. The molecular formula is C23H18Cl2N4O. The van der Waals surface area contributed by atoms with E-state index in [0.717, 1.165) is 16.9 Å². The molecule has 2 aromatic heterocycles. The van der Waals surface area contributed by atoms with Gasteiger partial charge < -0.3 is 10.0 Å². The topological polar surface area (TPSA) is 62.1 Å². The number of benzene rings is 2. The average molecular weight is 437 g/mol. The van der Waals surface area contributed by atoms with Gasteiger partial charge in [0.25, 0.3) is 0 Å². The summed E-state index contributed by atoms with van der Waals surface area (Å²) in [4.78, 5) is 6.08. The van der Waals surface area contributed by atoms with Crippen LogP contribution in [0.5, 0.6) is 5.75 Å². The zero-order valence-electron chi connectivity index (χ0n) is 16.1. The Balaban J connectivity index is 1.47. The van der Waals surface area contributed by atoms with E-state index in [9.17, 15) is 5.11 Å². The lowest BCUT2D eigenvalue weighted by Gasteiger charge is -2.18. The van der Waals surface area contributed by atoms with Gasteiger partial charge >= 0.3 is 0 Å². The monoisotopic (exact) mass is 436 g/mol. The molecule has 0 bridgehead atoms. The minimum atomic E-state index is -0.138. The van der Waals surface area contributed by atoms with Gasteiger partial charge in [0, 0.05) is 31.5 Å². The number of aromatic hydroxyl groups is 1. The molecule has 4 rings (SSSR count). The molecule has 7 heteroatoms. The van der Waals surface area contributed by atoms with Gasteiger partial charge in [0.1, 0.15) is 0 Å². The number of anilines is 1. The van der Waals surface area contributed by atoms with Crippen molar-refractivity contribution < 1.29 is 5.11 Å². The van der Waals surface area contributed by atoms with Crippen molar-refractivity contribution in [3.8, 4) is 28.1 Å². The van der Waals surface area contributed by atoms with Gasteiger partial charge in [0.15, 0.2) is 11.6 Å². The summed E-state index contributed by atoms with van der Waals surface area (Å²) in [6, 6.07) is 19.4. The third-order valence-electron chi connectivity index (χ3n) is 4.74. The van der Waals surface area contributed by atoms with Crippen LogP contribution in [0, 0.1) is 0 Å². The van der Waals surface area contributed by atoms with Crippen LogP contribution in [0.1, 0.15) is 5.56 Å². The predicted molar refractivity (Wildman–Crippen MR) is 121 cm³/mol. The molecule has 0 spiro atoms. The van der Waals surface area contributed by atoms with Crippen molar-refractivity contribution in [1.29, 1.82) is 0 Å². The fourth-order valence-electron chi connectivity index (χ4n) is 3.10. The number of phenols is 1. The van der Waals surface area contributed by atoms with Gasteiger partial charge in [-0.1, -0.05) is 47.5 Å². The van der Waals surface area contributed by atoms with E-state index in [2.05, 4.69) is 39.4 Å². The summed E-state index contributed by atoms with van der Waals surface area (Å²) in [5, 5.41) is 18.7. The molecule has 2 heterocycles. The number of rotatable bonds is 5. The van der Waals surface area contributed by atoms with Gasteiger partial charge in [-0.3, -0.25) is 4.98 Å². The number of aromatic nitrogens is 3. The summed E-state index contributed by atoms with van der Waals surface area (Å²) in [6.07, 6.45) is 3.58.